The van der Waals surface area contributed by atoms with Crippen LogP contribution < -0.4 is 10.1 Å². The third-order valence-corrected chi connectivity index (χ3v) is 7.38. The van der Waals surface area contributed by atoms with Crippen molar-refractivity contribution in [3.63, 3.8) is 0 Å². The maximum Gasteiger partial charge on any atom is 0.416 e. The minimum absolute atomic E-state index is 0.192. The van der Waals surface area contributed by atoms with E-state index in [0.717, 1.165) is 29.8 Å². The van der Waals surface area contributed by atoms with E-state index in [9.17, 15) is 22.8 Å². The van der Waals surface area contributed by atoms with E-state index in [1.165, 1.54) is 12.1 Å². The zero-order chi connectivity index (χ0) is 30.6. The van der Waals surface area contributed by atoms with E-state index in [4.69, 9.17) is 14.5 Å². The summed E-state index contributed by atoms with van der Waals surface area (Å²) in [4.78, 5) is 41.6. The number of carbonyl (C=O) groups is 2. The lowest BCUT2D eigenvalue weighted by Crippen LogP contribution is -2.40. The van der Waals surface area contributed by atoms with E-state index in [1.54, 1.807) is 43.1 Å². The monoisotopic (exact) mass is 595 g/mol. The molecular weight excluding hydrogens is 563 g/mol. The van der Waals surface area contributed by atoms with E-state index >= 15 is 0 Å². The molecule has 9 nitrogen and oxygen atoms in total. The molecule has 0 atom stereocenters. The number of benzene rings is 2. The van der Waals surface area contributed by atoms with Crippen LogP contribution in [0.5, 0.6) is 11.5 Å². The molecule has 1 fully saturated rings. The van der Waals surface area contributed by atoms with Crippen LogP contribution in [0.25, 0.3) is 0 Å². The first-order chi connectivity index (χ1) is 20.6. The number of aromatic nitrogens is 2. The summed E-state index contributed by atoms with van der Waals surface area (Å²) < 4.78 is 50.1. The minimum Gasteiger partial charge on any atom is -0.466 e. The summed E-state index contributed by atoms with van der Waals surface area (Å²) in [7, 11) is 0. The number of fused-ring (bicyclic) bond motifs is 1. The van der Waals surface area contributed by atoms with E-state index in [1.807, 2.05) is 0 Å². The predicted octanol–water partition coefficient (Wildman–Crippen LogP) is 6.34. The molecule has 2 aliphatic rings. The van der Waals surface area contributed by atoms with Gasteiger partial charge >= 0.3 is 12.1 Å². The number of likely N-dealkylation sites (tertiary alicyclic amines) is 1. The minimum atomic E-state index is -4.46. The van der Waals surface area contributed by atoms with Gasteiger partial charge in [-0.3, -0.25) is 14.6 Å². The van der Waals surface area contributed by atoms with Gasteiger partial charge in [-0.15, -0.1) is 0 Å². The number of esters is 1. The Balaban J connectivity index is 1.47. The second-order valence-corrected chi connectivity index (χ2v) is 10.4. The zero-order valence-corrected chi connectivity index (χ0v) is 23.9. The first-order valence-electron chi connectivity index (χ1n) is 14.2. The molecule has 2 aromatic carbocycles. The molecule has 2 aliphatic heterocycles. The highest BCUT2D eigenvalue weighted by atomic mass is 19.4. The third kappa shape index (κ3) is 7.12. The summed E-state index contributed by atoms with van der Waals surface area (Å²) in [5.41, 5.74) is 1.39. The van der Waals surface area contributed by atoms with Gasteiger partial charge in [-0.05, 0) is 82.0 Å². The number of ether oxygens (including phenoxy) is 2. The average molecular weight is 596 g/mol. The lowest BCUT2D eigenvalue weighted by molar-refractivity contribution is -0.149. The van der Waals surface area contributed by atoms with Crippen molar-refractivity contribution in [1.29, 1.82) is 0 Å². The first kappa shape index (κ1) is 30.0. The number of hydrogen-bond acceptors (Lipinski definition) is 8. The second-order valence-electron chi connectivity index (χ2n) is 10.4. The Kier molecular flexibility index (Phi) is 8.93. The third-order valence-electron chi connectivity index (χ3n) is 7.38. The van der Waals surface area contributed by atoms with Crippen molar-refractivity contribution in [2.45, 2.75) is 45.7 Å². The predicted molar refractivity (Wildman–Crippen MR) is 154 cm³/mol. The maximum absolute atomic E-state index is 13.9. The molecule has 0 aliphatic carbocycles. The molecule has 226 valence electrons. The number of aliphatic imine (C=N–C) groups is 1. The SMILES string of the molecule is CCOC(=O)C1CCN(C(=O)c2cc(Oc3ccc(C(F)(F)F)cc3)ccc2N=C2CCCNc3nc(C)ncc32)CC1. The molecule has 3 aromatic rings. The lowest BCUT2D eigenvalue weighted by Gasteiger charge is -2.31. The number of aryl methyl sites for hydroxylation is 1. The molecule has 1 saturated heterocycles. The highest BCUT2D eigenvalue weighted by Gasteiger charge is 2.31. The number of anilines is 1. The van der Waals surface area contributed by atoms with Crippen molar-refractivity contribution in [2.24, 2.45) is 10.9 Å². The molecule has 43 heavy (non-hydrogen) atoms. The van der Waals surface area contributed by atoms with Gasteiger partial charge in [-0.25, -0.2) is 9.97 Å². The Morgan fingerprint density at radius 2 is 1.81 bits per heavy atom. The standard InChI is InChI=1S/C31H32F3N5O4/c1-3-42-30(41)20-12-15-39(16-13-20)29(40)24-17-23(43-22-8-6-21(7-9-22)31(32,33)34)10-11-27(24)38-26-5-4-14-35-28-25(26)18-36-19(2)37-28/h6-11,17-18,20H,3-5,12-16H2,1-2H3,(H,35,36,37). The smallest absolute Gasteiger partial charge is 0.416 e. The normalized spacial score (nSPS) is 16.7. The largest absolute Gasteiger partial charge is 0.466 e. The second kappa shape index (κ2) is 12.8. The van der Waals surface area contributed by atoms with E-state index < -0.39 is 11.7 Å². The topological polar surface area (TPSA) is 106 Å². The van der Waals surface area contributed by atoms with Crippen LogP contribution in [0.1, 0.15) is 59.9 Å². The molecule has 12 heteroatoms. The van der Waals surface area contributed by atoms with Crippen molar-refractivity contribution in [1.82, 2.24) is 14.9 Å². The van der Waals surface area contributed by atoms with Crippen LogP contribution in [0.4, 0.5) is 24.7 Å². The van der Waals surface area contributed by atoms with E-state index in [2.05, 4.69) is 15.3 Å². The highest BCUT2D eigenvalue weighted by molar-refractivity contribution is 6.08. The van der Waals surface area contributed by atoms with Crippen molar-refractivity contribution < 1.29 is 32.2 Å². The summed E-state index contributed by atoms with van der Waals surface area (Å²) in [6.45, 7) is 5.31. The van der Waals surface area contributed by atoms with Gasteiger partial charge < -0.3 is 19.7 Å². The Morgan fingerprint density at radius 3 is 2.51 bits per heavy atom. The van der Waals surface area contributed by atoms with Crippen LogP contribution in [0.15, 0.2) is 53.7 Å². The van der Waals surface area contributed by atoms with Gasteiger partial charge in [0.05, 0.1) is 40.6 Å². The fourth-order valence-corrected chi connectivity index (χ4v) is 5.12. The quantitative estimate of drug-likeness (QED) is 0.332. The summed E-state index contributed by atoms with van der Waals surface area (Å²) >= 11 is 0. The molecule has 1 aromatic heterocycles. The van der Waals surface area contributed by atoms with Crippen LogP contribution in [0.2, 0.25) is 0 Å². The highest BCUT2D eigenvalue weighted by Crippen LogP contribution is 2.34. The number of alkyl halides is 3. The number of carbonyl (C=O) groups excluding carboxylic acids is 2. The number of nitrogens with zero attached hydrogens (tertiary/aromatic N) is 4. The van der Waals surface area contributed by atoms with Crippen LogP contribution in [0.3, 0.4) is 0 Å². The van der Waals surface area contributed by atoms with Crippen molar-refractivity contribution in [3.8, 4) is 11.5 Å². The molecule has 0 unspecified atom stereocenters. The first-order valence-corrected chi connectivity index (χ1v) is 14.2. The molecule has 0 bridgehead atoms. The number of hydrogen-bond donors (Lipinski definition) is 1. The molecule has 0 saturated carbocycles. The summed E-state index contributed by atoms with van der Waals surface area (Å²) in [6, 6.07) is 9.19. The number of rotatable bonds is 6. The summed E-state index contributed by atoms with van der Waals surface area (Å²) in [6.07, 6.45) is -0.352. The van der Waals surface area contributed by atoms with Gasteiger partial charge in [0.2, 0.25) is 0 Å². The number of piperidine rings is 1. The number of nitrogens with one attached hydrogen (secondary N) is 1. The molecule has 1 amide bonds. The molecule has 0 spiro atoms. The van der Waals surface area contributed by atoms with Crippen molar-refractivity contribution in [2.75, 3.05) is 31.6 Å². The molecule has 3 heterocycles. The summed E-state index contributed by atoms with van der Waals surface area (Å²) in [5, 5.41) is 3.31. The Labute approximate surface area is 247 Å². The van der Waals surface area contributed by atoms with Gasteiger partial charge in [0.1, 0.15) is 23.1 Å². The van der Waals surface area contributed by atoms with Gasteiger partial charge in [-0.1, -0.05) is 0 Å². The average Bonchev–Trinajstić information content (AvgIpc) is 3.19. The number of amides is 1. The zero-order valence-electron chi connectivity index (χ0n) is 23.9. The fourth-order valence-electron chi connectivity index (χ4n) is 5.12. The van der Waals surface area contributed by atoms with E-state index in [-0.39, 0.29) is 34.9 Å². The fraction of sp³-hybridized carbons (Fsp3) is 0.387. The Hall–Kier alpha value is -4.48. The van der Waals surface area contributed by atoms with Gasteiger partial charge in [-0.2, -0.15) is 13.2 Å². The molecule has 0 radical (unpaired) electrons. The van der Waals surface area contributed by atoms with E-state index in [0.29, 0.717) is 62.8 Å². The van der Waals surface area contributed by atoms with Gasteiger partial charge in [0, 0.05) is 25.8 Å². The van der Waals surface area contributed by atoms with Gasteiger partial charge in [0.15, 0.2) is 0 Å². The lowest BCUT2D eigenvalue weighted by atomic mass is 9.96. The summed E-state index contributed by atoms with van der Waals surface area (Å²) in [5.74, 6) is 0.960. The Morgan fingerprint density at radius 1 is 1.09 bits per heavy atom. The van der Waals surface area contributed by atoms with Gasteiger partial charge in [0.25, 0.3) is 5.91 Å². The Bertz CT molecular complexity index is 1520. The van der Waals surface area contributed by atoms with Crippen LogP contribution in [-0.4, -0.2) is 58.7 Å². The van der Waals surface area contributed by atoms with Crippen molar-refractivity contribution in [3.05, 3.63) is 71.2 Å². The van der Waals surface area contributed by atoms with Crippen molar-refractivity contribution >= 4 is 29.1 Å². The maximum atomic E-state index is 13.9. The van der Waals surface area contributed by atoms with Crippen LogP contribution in [-0.2, 0) is 15.7 Å². The molecule has 5 rings (SSSR count). The molecule has 1 N–H and O–H groups in total. The number of halogens is 3. The van der Waals surface area contributed by atoms with Crippen LogP contribution in [0, 0.1) is 12.8 Å². The molecular formula is C31H32F3N5O4. The van der Waals surface area contributed by atoms with Crippen LogP contribution >= 0.6 is 0 Å².